The summed E-state index contributed by atoms with van der Waals surface area (Å²) in [6.45, 7) is 2.59. The van der Waals surface area contributed by atoms with Gasteiger partial charge in [0, 0.05) is 25.2 Å². The predicted molar refractivity (Wildman–Crippen MR) is 95.2 cm³/mol. The Bertz CT molecular complexity index is 620. The number of carbonyl (C=O) groups excluding carboxylic acids is 2. The highest BCUT2D eigenvalue weighted by Gasteiger charge is 2.37. The fourth-order valence-corrected chi connectivity index (χ4v) is 3.92. The number of benzene rings is 1. The largest absolute Gasteiger partial charge is 0.311 e. The van der Waals surface area contributed by atoms with Gasteiger partial charge in [-0.25, -0.2) is 5.48 Å². The summed E-state index contributed by atoms with van der Waals surface area (Å²) in [5.74, 6) is -0.0972. The molecule has 1 saturated heterocycles. The maximum atomic E-state index is 13.0. The zero-order chi connectivity index (χ0) is 17.6. The van der Waals surface area contributed by atoms with Crippen molar-refractivity contribution in [2.45, 2.75) is 57.5 Å². The van der Waals surface area contributed by atoms with E-state index in [-0.39, 0.29) is 17.9 Å². The van der Waals surface area contributed by atoms with Gasteiger partial charge in [0.1, 0.15) is 0 Å². The predicted octanol–water partition coefficient (Wildman–Crippen LogP) is 2.45. The van der Waals surface area contributed by atoms with Gasteiger partial charge in [0.25, 0.3) is 0 Å². The maximum absolute atomic E-state index is 13.0. The molecule has 1 fully saturated rings. The van der Waals surface area contributed by atoms with E-state index < -0.39 is 0 Å². The van der Waals surface area contributed by atoms with Crippen LogP contribution in [0.1, 0.15) is 50.5 Å². The van der Waals surface area contributed by atoms with Crippen LogP contribution in [0.3, 0.4) is 0 Å². The first-order valence-corrected chi connectivity index (χ1v) is 9.27. The lowest BCUT2D eigenvalue weighted by atomic mass is 10.1. The van der Waals surface area contributed by atoms with Gasteiger partial charge in [-0.3, -0.25) is 19.7 Å². The quantitative estimate of drug-likeness (QED) is 0.452. The minimum Gasteiger partial charge on any atom is -0.311 e. The van der Waals surface area contributed by atoms with Crippen LogP contribution in [-0.2, 0) is 16.1 Å². The number of nitrogens with zero attached hydrogens (tertiary/aromatic N) is 2. The summed E-state index contributed by atoms with van der Waals surface area (Å²) in [7, 11) is 0. The lowest BCUT2D eigenvalue weighted by molar-refractivity contribution is -0.129. The van der Waals surface area contributed by atoms with E-state index in [9.17, 15) is 9.59 Å². The molecular weight excluding hydrogens is 318 g/mol. The van der Waals surface area contributed by atoms with Crippen LogP contribution in [-0.4, -0.2) is 41.1 Å². The number of anilines is 1. The fourth-order valence-electron chi connectivity index (χ4n) is 3.92. The van der Waals surface area contributed by atoms with E-state index in [4.69, 9.17) is 5.21 Å². The first kappa shape index (κ1) is 17.9. The van der Waals surface area contributed by atoms with Crippen molar-refractivity contribution >= 4 is 17.5 Å². The number of hydrogen-bond donors (Lipinski definition) is 2. The lowest BCUT2D eigenvalue weighted by Gasteiger charge is -2.26. The van der Waals surface area contributed by atoms with Crippen molar-refractivity contribution in [2.75, 3.05) is 18.0 Å². The van der Waals surface area contributed by atoms with Crippen molar-refractivity contribution in [1.29, 1.82) is 0 Å². The fraction of sp³-hybridized carbons (Fsp3) is 0.579. The van der Waals surface area contributed by atoms with E-state index in [1.807, 2.05) is 17.0 Å². The molecule has 1 aromatic carbocycles. The second kappa shape index (κ2) is 8.45. The zero-order valence-electron chi connectivity index (χ0n) is 14.6. The summed E-state index contributed by atoms with van der Waals surface area (Å²) in [5.41, 5.74) is 3.95. The Labute approximate surface area is 148 Å². The molecule has 1 atom stereocenters. The SMILES string of the molecule is O=C(CCCCCCN1C(=O)[C@@H]2CCCN2Cc2ccccc21)NO. The van der Waals surface area contributed by atoms with Gasteiger partial charge in [-0.1, -0.05) is 31.0 Å². The third kappa shape index (κ3) is 4.19. The summed E-state index contributed by atoms with van der Waals surface area (Å²) >= 11 is 0. The third-order valence-electron chi connectivity index (χ3n) is 5.23. The average Bonchev–Trinajstić information content (AvgIpc) is 3.05. The van der Waals surface area contributed by atoms with Gasteiger partial charge in [-0.05, 0) is 43.9 Å². The van der Waals surface area contributed by atoms with Crippen LogP contribution < -0.4 is 10.4 Å². The van der Waals surface area contributed by atoms with Crippen molar-refractivity contribution < 1.29 is 14.8 Å². The molecule has 6 heteroatoms. The number of amides is 2. The molecule has 0 unspecified atom stereocenters. The van der Waals surface area contributed by atoms with Gasteiger partial charge in [-0.15, -0.1) is 0 Å². The molecule has 0 bridgehead atoms. The average molecular weight is 345 g/mol. The van der Waals surface area contributed by atoms with E-state index in [0.717, 1.165) is 63.8 Å². The minimum atomic E-state index is -0.335. The van der Waals surface area contributed by atoms with Crippen LogP contribution in [0.25, 0.3) is 0 Å². The number of rotatable bonds is 7. The van der Waals surface area contributed by atoms with E-state index in [2.05, 4.69) is 17.0 Å². The number of para-hydroxylation sites is 1. The molecular formula is C19H27N3O3. The molecule has 0 aliphatic carbocycles. The Morgan fingerprint density at radius 2 is 2.00 bits per heavy atom. The Balaban J connectivity index is 1.59. The summed E-state index contributed by atoms with van der Waals surface area (Å²) in [4.78, 5) is 28.3. The highest BCUT2D eigenvalue weighted by molar-refractivity contribution is 5.98. The lowest BCUT2D eigenvalue weighted by Crippen LogP contribution is -2.43. The maximum Gasteiger partial charge on any atom is 0.244 e. The van der Waals surface area contributed by atoms with Gasteiger partial charge in [0.15, 0.2) is 0 Å². The molecule has 2 heterocycles. The zero-order valence-corrected chi connectivity index (χ0v) is 14.6. The first-order chi connectivity index (χ1) is 12.2. The van der Waals surface area contributed by atoms with Crippen molar-refractivity contribution in [2.24, 2.45) is 0 Å². The minimum absolute atomic E-state index is 0.0284. The summed E-state index contributed by atoms with van der Waals surface area (Å²) < 4.78 is 0. The Kier molecular flexibility index (Phi) is 6.04. The summed E-state index contributed by atoms with van der Waals surface area (Å²) in [6, 6.07) is 8.26. The number of carbonyl (C=O) groups is 2. The molecule has 136 valence electrons. The van der Waals surface area contributed by atoms with Crippen LogP contribution in [0.2, 0.25) is 0 Å². The standard InChI is InChI=1S/C19H27N3O3/c23-18(20-25)11-3-1-2-6-13-22-16-9-5-4-8-15(16)14-21-12-7-10-17(21)19(22)24/h4-5,8-9,17,25H,1-3,6-7,10-14H2,(H,20,23)/t17-/m0/s1. The molecule has 6 nitrogen and oxygen atoms in total. The van der Waals surface area contributed by atoms with E-state index in [1.165, 1.54) is 5.56 Å². The number of nitrogens with one attached hydrogen (secondary N) is 1. The van der Waals surface area contributed by atoms with Crippen molar-refractivity contribution in [3.05, 3.63) is 29.8 Å². The van der Waals surface area contributed by atoms with Crippen LogP contribution in [0.5, 0.6) is 0 Å². The summed E-state index contributed by atoms with van der Waals surface area (Å²) in [6.07, 6.45) is 5.98. The van der Waals surface area contributed by atoms with E-state index in [1.54, 1.807) is 5.48 Å². The van der Waals surface area contributed by atoms with Crippen LogP contribution in [0.4, 0.5) is 5.69 Å². The molecule has 3 rings (SSSR count). The number of fused-ring (bicyclic) bond motifs is 2. The van der Waals surface area contributed by atoms with Crippen LogP contribution in [0, 0.1) is 0 Å². The van der Waals surface area contributed by atoms with E-state index >= 15 is 0 Å². The highest BCUT2D eigenvalue weighted by atomic mass is 16.5. The number of unbranched alkanes of at least 4 members (excludes halogenated alkanes) is 3. The third-order valence-corrected chi connectivity index (χ3v) is 5.23. The number of hydrogen-bond acceptors (Lipinski definition) is 4. The second-order valence-electron chi connectivity index (χ2n) is 6.95. The molecule has 2 aliphatic rings. The molecule has 0 aromatic heterocycles. The summed E-state index contributed by atoms with van der Waals surface area (Å²) in [5, 5.41) is 8.48. The van der Waals surface area contributed by atoms with Gasteiger partial charge in [-0.2, -0.15) is 0 Å². The molecule has 2 amide bonds. The Morgan fingerprint density at radius 3 is 2.84 bits per heavy atom. The van der Waals surface area contributed by atoms with Crippen LogP contribution >= 0.6 is 0 Å². The second-order valence-corrected chi connectivity index (χ2v) is 6.95. The van der Waals surface area contributed by atoms with Crippen molar-refractivity contribution in [1.82, 2.24) is 10.4 Å². The highest BCUT2D eigenvalue weighted by Crippen LogP contribution is 2.32. The monoisotopic (exact) mass is 345 g/mol. The molecule has 2 N–H and O–H groups in total. The van der Waals surface area contributed by atoms with E-state index in [0.29, 0.717) is 6.42 Å². The first-order valence-electron chi connectivity index (χ1n) is 9.27. The Morgan fingerprint density at radius 1 is 1.20 bits per heavy atom. The van der Waals surface area contributed by atoms with Gasteiger partial charge in [0.05, 0.1) is 6.04 Å². The molecule has 0 radical (unpaired) electrons. The van der Waals surface area contributed by atoms with Crippen molar-refractivity contribution in [3.63, 3.8) is 0 Å². The smallest absolute Gasteiger partial charge is 0.244 e. The molecule has 2 aliphatic heterocycles. The van der Waals surface area contributed by atoms with Gasteiger partial charge < -0.3 is 4.90 Å². The van der Waals surface area contributed by atoms with Crippen LogP contribution in [0.15, 0.2) is 24.3 Å². The Hall–Kier alpha value is -1.92. The molecule has 0 spiro atoms. The molecule has 1 aromatic rings. The molecule has 25 heavy (non-hydrogen) atoms. The van der Waals surface area contributed by atoms with Gasteiger partial charge >= 0.3 is 0 Å². The topological polar surface area (TPSA) is 72.9 Å². The molecule has 0 saturated carbocycles. The van der Waals surface area contributed by atoms with Gasteiger partial charge in [0.2, 0.25) is 11.8 Å². The van der Waals surface area contributed by atoms with Crippen molar-refractivity contribution in [3.8, 4) is 0 Å². The number of hydroxylamine groups is 1. The normalized spacial score (nSPS) is 20.1.